The zero-order valence-corrected chi connectivity index (χ0v) is 16.4. The first-order valence-corrected chi connectivity index (χ1v) is 9.35. The number of H-pyrrole nitrogens is 1. The van der Waals surface area contributed by atoms with Crippen LogP contribution in [0.3, 0.4) is 0 Å². The van der Waals surface area contributed by atoms with Crippen molar-refractivity contribution in [2.24, 2.45) is 0 Å². The van der Waals surface area contributed by atoms with Crippen molar-refractivity contribution >= 4 is 58.3 Å². The van der Waals surface area contributed by atoms with E-state index in [4.69, 9.17) is 27.9 Å². The summed E-state index contributed by atoms with van der Waals surface area (Å²) in [5.41, 5.74) is 0.993. The van der Waals surface area contributed by atoms with E-state index >= 15 is 0 Å². The van der Waals surface area contributed by atoms with Gasteiger partial charge in [-0.2, -0.15) is 0 Å². The van der Waals surface area contributed by atoms with Crippen molar-refractivity contribution in [3.05, 3.63) is 77.6 Å². The summed E-state index contributed by atoms with van der Waals surface area (Å²) in [6, 6.07) is 12.1. The highest BCUT2D eigenvalue weighted by Gasteiger charge is 2.05. The number of thiazole rings is 1. The molecule has 3 rings (SSSR count). The van der Waals surface area contributed by atoms with Gasteiger partial charge in [-0.3, -0.25) is 9.59 Å². The Morgan fingerprint density at radius 2 is 1.96 bits per heavy atom. The number of rotatable bonds is 4. The number of aromatic amines is 1. The van der Waals surface area contributed by atoms with Gasteiger partial charge in [0.15, 0.2) is 0 Å². The number of para-hydroxylation sites is 2. The molecule has 3 aromatic rings. The second-order valence-electron chi connectivity index (χ2n) is 5.44. The minimum absolute atomic E-state index is 0.289. The number of amides is 1. The second-order valence-corrected chi connectivity index (χ2v) is 7.33. The Morgan fingerprint density at radius 3 is 2.70 bits per heavy atom. The van der Waals surface area contributed by atoms with E-state index in [1.165, 1.54) is 24.5 Å². The Hall–Kier alpha value is -2.54. The molecule has 0 aliphatic rings. The number of aromatic nitrogens is 1. The molecular weight excluding hydrogens is 407 g/mol. The number of hydrogen-bond donors (Lipinski definition) is 2. The van der Waals surface area contributed by atoms with E-state index in [0.29, 0.717) is 30.7 Å². The third-order valence-electron chi connectivity index (χ3n) is 3.55. The van der Waals surface area contributed by atoms with Gasteiger partial charge in [0.1, 0.15) is 10.4 Å². The average Bonchev–Trinajstić information content (AvgIpc) is 2.97. The fourth-order valence-corrected chi connectivity index (χ4v) is 3.51. The Balaban J connectivity index is 1.89. The van der Waals surface area contributed by atoms with E-state index in [9.17, 15) is 9.59 Å². The van der Waals surface area contributed by atoms with Gasteiger partial charge in [-0.05, 0) is 35.9 Å². The van der Waals surface area contributed by atoms with Crippen molar-refractivity contribution in [2.45, 2.75) is 0 Å². The summed E-state index contributed by atoms with van der Waals surface area (Å²) in [5.74, 6) is 0.172. The molecule has 0 fully saturated rings. The zero-order valence-electron chi connectivity index (χ0n) is 14.1. The van der Waals surface area contributed by atoms with Crippen LogP contribution in [0.25, 0.3) is 12.2 Å². The molecule has 0 aliphatic heterocycles. The van der Waals surface area contributed by atoms with Crippen LogP contribution in [0.5, 0.6) is 5.75 Å². The molecule has 2 N–H and O–H groups in total. The van der Waals surface area contributed by atoms with Crippen molar-refractivity contribution in [1.29, 1.82) is 0 Å². The van der Waals surface area contributed by atoms with Gasteiger partial charge in [-0.1, -0.05) is 41.4 Å². The third-order valence-corrected chi connectivity index (χ3v) is 5.25. The lowest BCUT2D eigenvalue weighted by Gasteiger charge is -2.07. The Bertz CT molecular complexity index is 1170. The van der Waals surface area contributed by atoms with Crippen LogP contribution in [0.1, 0.15) is 5.56 Å². The van der Waals surface area contributed by atoms with Crippen molar-refractivity contribution < 1.29 is 9.53 Å². The summed E-state index contributed by atoms with van der Waals surface area (Å²) in [5, 5.41) is 3.57. The molecule has 0 spiro atoms. The lowest BCUT2D eigenvalue weighted by Crippen LogP contribution is -2.20. The Kier molecular flexibility index (Phi) is 6.01. The molecule has 0 aliphatic carbocycles. The molecule has 1 heterocycles. The zero-order chi connectivity index (χ0) is 19.4. The fourth-order valence-electron chi connectivity index (χ4n) is 2.31. The first kappa shape index (κ1) is 19.2. The van der Waals surface area contributed by atoms with Crippen LogP contribution >= 0.6 is 34.5 Å². The summed E-state index contributed by atoms with van der Waals surface area (Å²) in [7, 11) is 1.52. The maximum absolute atomic E-state index is 12.2. The highest BCUT2D eigenvalue weighted by molar-refractivity contribution is 7.07. The molecule has 8 heteroatoms. The summed E-state index contributed by atoms with van der Waals surface area (Å²) < 4.78 is 6.07. The number of halogens is 2. The van der Waals surface area contributed by atoms with E-state index in [2.05, 4.69) is 10.3 Å². The van der Waals surface area contributed by atoms with E-state index in [1.807, 2.05) is 0 Å². The van der Waals surface area contributed by atoms with Gasteiger partial charge < -0.3 is 15.0 Å². The molecule has 5 nitrogen and oxygen atoms in total. The summed E-state index contributed by atoms with van der Waals surface area (Å²) in [6.07, 6.45) is 3.01. The Labute approximate surface area is 168 Å². The topological polar surface area (TPSA) is 71.2 Å². The largest absolute Gasteiger partial charge is 0.495 e. The summed E-state index contributed by atoms with van der Waals surface area (Å²) in [4.78, 5) is 27.0. The van der Waals surface area contributed by atoms with Crippen LogP contribution < -0.4 is 24.8 Å². The number of nitrogens with one attached hydrogen (secondary N) is 2. The van der Waals surface area contributed by atoms with Gasteiger partial charge >= 0.3 is 0 Å². The van der Waals surface area contributed by atoms with Crippen LogP contribution in [0, 0.1) is 0 Å². The van der Waals surface area contributed by atoms with Crippen molar-refractivity contribution in [3.63, 3.8) is 0 Å². The lowest BCUT2D eigenvalue weighted by atomic mass is 10.2. The number of hydrogen-bond acceptors (Lipinski definition) is 4. The smallest absolute Gasteiger partial charge is 0.266 e. The number of anilines is 1. The summed E-state index contributed by atoms with van der Waals surface area (Å²) >= 11 is 13.1. The normalized spacial score (nSPS) is 12.3. The fraction of sp³-hybridized carbons (Fsp3) is 0.0526. The van der Waals surface area contributed by atoms with Gasteiger partial charge in [0.25, 0.3) is 11.5 Å². The van der Waals surface area contributed by atoms with Gasteiger partial charge in [0, 0.05) is 6.08 Å². The first-order valence-electron chi connectivity index (χ1n) is 7.78. The van der Waals surface area contributed by atoms with Gasteiger partial charge in [-0.15, -0.1) is 11.3 Å². The third kappa shape index (κ3) is 4.80. The molecule has 0 saturated carbocycles. The lowest BCUT2D eigenvalue weighted by molar-refractivity contribution is -0.110. The number of methoxy groups -OCH3 is 1. The van der Waals surface area contributed by atoms with Crippen molar-refractivity contribution in [1.82, 2.24) is 4.98 Å². The maximum atomic E-state index is 12.2. The second kappa shape index (κ2) is 8.43. The highest BCUT2D eigenvalue weighted by atomic mass is 35.5. The van der Waals surface area contributed by atoms with E-state index in [0.717, 1.165) is 5.56 Å². The molecule has 27 heavy (non-hydrogen) atoms. The maximum Gasteiger partial charge on any atom is 0.266 e. The molecule has 1 aromatic heterocycles. The predicted molar refractivity (Wildman–Crippen MR) is 110 cm³/mol. The molecule has 0 saturated heterocycles. The number of ether oxygens (including phenoxy) is 1. The molecule has 138 valence electrons. The van der Waals surface area contributed by atoms with Crippen LogP contribution in [-0.2, 0) is 4.79 Å². The highest BCUT2D eigenvalue weighted by Crippen LogP contribution is 2.23. The molecule has 0 unspecified atom stereocenters. The van der Waals surface area contributed by atoms with Crippen LogP contribution in [0.4, 0.5) is 5.69 Å². The van der Waals surface area contributed by atoms with Gasteiger partial charge in [-0.25, -0.2) is 0 Å². The number of carbonyl (C=O) groups excluding carboxylic acids is 1. The monoisotopic (exact) mass is 420 g/mol. The minimum atomic E-state index is -0.377. The van der Waals surface area contributed by atoms with E-state index in [-0.39, 0.29) is 11.5 Å². The first-order chi connectivity index (χ1) is 13.0. The Morgan fingerprint density at radius 1 is 1.19 bits per heavy atom. The summed E-state index contributed by atoms with van der Waals surface area (Å²) in [6.45, 7) is 0. The van der Waals surface area contributed by atoms with Crippen molar-refractivity contribution in [3.8, 4) is 5.75 Å². The molecule has 1 amide bonds. The molecule has 2 aromatic carbocycles. The number of carbonyl (C=O) groups is 1. The van der Waals surface area contributed by atoms with Crippen LogP contribution in [0.15, 0.2) is 47.3 Å². The molecule has 0 atom stereocenters. The molecule has 0 radical (unpaired) electrons. The van der Waals surface area contributed by atoms with Gasteiger partial charge in [0.05, 0.1) is 27.4 Å². The molecular formula is C19H14Cl2N2O3S. The SMILES string of the molecule is COc1ccccc1NC(=O)C=c1[nH]c(=O)c(=Cc2ccc(Cl)c(Cl)c2)s1. The van der Waals surface area contributed by atoms with Crippen LogP contribution in [0.2, 0.25) is 10.0 Å². The van der Waals surface area contributed by atoms with Crippen LogP contribution in [-0.4, -0.2) is 18.0 Å². The van der Waals surface area contributed by atoms with Gasteiger partial charge in [0.2, 0.25) is 0 Å². The minimum Gasteiger partial charge on any atom is -0.495 e. The standard InChI is InChI=1S/C19H14Cl2N2O3S/c1-26-15-5-3-2-4-14(15)22-17(24)10-18-23-19(25)16(27-18)9-11-6-7-12(20)13(21)8-11/h2-10H,1H3,(H,22,24)(H,23,25). The quantitative estimate of drug-likeness (QED) is 0.681. The predicted octanol–water partition coefficient (Wildman–Crippen LogP) is 3.00. The average molecular weight is 421 g/mol. The van der Waals surface area contributed by atoms with Crippen molar-refractivity contribution in [2.75, 3.05) is 12.4 Å². The molecule has 0 bridgehead atoms. The van der Waals surface area contributed by atoms with E-state index < -0.39 is 0 Å². The number of benzene rings is 2. The van der Waals surface area contributed by atoms with E-state index in [1.54, 1.807) is 48.5 Å².